The van der Waals surface area contributed by atoms with E-state index in [1.807, 2.05) is 12.1 Å². The van der Waals surface area contributed by atoms with Gasteiger partial charge < -0.3 is 10.4 Å². The Balaban J connectivity index is 2.16. The van der Waals surface area contributed by atoms with E-state index in [0.717, 1.165) is 17.5 Å². The number of aromatic carboxylic acids is 1. The lowest BCUT2D eigenvalue weighted by Gasteiger charge is -2.08. The number of rotatable bonds is 2. The first-order valence-electron chi connectivity index (χ1n) is 6.41. The van der Waals surface area contributed by atoms with Crippen molar-refractivity contribution in [2.45, 2.75) is 25.4 Å². The van der Waals surface area contributed by atoms with Crippen LogP contribution < -0.4 is 5.32 Å². The molecule has 1 aliphatic heterocycles. The summed E-state index contributed by atoms with van der Waals surface area (Å²) in [5.41, 5.74) is 2.63. The fourth-order valence-electron chi connectivity index (χ4n) is 2.88. The van der Waals surface area contributed by atoms with Gasteiger partial charge in [-0.1, -0.05) is 19.1 Å². The van der Waals surface area contributed by atoms with Crippen LogP contribution in [0.5, 0.6) is 0 Å². The van der Waals surface area contributed by atoms with Gasteiger partial charge >= 0.3 is 5.97 Å². The molecule has 19 heavy (non-hydrogen) atoms. The highest BCUT2D eigenvalue weighted by Gasteiger charge is 2.45. The number of carboxylic acids is 1. The first-order valence-corrected chi connectivity index (χ1v) is 6.41. The lowest BCUT2D eigenvalue weighted by atomic mass is 9.97. The van der Waals surface area contributed by atoms with Crippen LogP contribution in [0.2, 0.25) is 0 Å². The lowest BCUT2D eigenvalue weighted by molar-refractivity contribution is 0.0697. The molecule has 1 heterocycles. The Morgan fingerprint density at radius 1 is 1.53 bits per heavy atom. The van der Waals surface area contributed by atoms with Crippen molar-refractivity contribution in [3.63, 3.8) is 0 Å². The Hall–Kier alpha value is -2.12. The van der Waals surface area contributed by atoms with Gasteiger partial charge in [-0.05, 0) is 35.6 Å². The molecule has 0 spiro atoms. The molecular weight excluding hydrogens is 240 g/mol. The summed E-state index contributed by atoms with van der Waals surface area (Å²) in [5.74, 6) is -0.628. The summed E-state index contributed by atoms with van der Waals surface area (Å²) in [6.45, 7) is 2.10. The van der Waals surface area contributed by atoms with E-state index in [9.17, 15) is 10.1 Å². The smallest absolute Gasteiger partial charge is 0.335 e. The highest BCUT2D eigenvalue weighted by atomic mass is 16.4. The van der Waals surface area contributed by atoms with Gasteiger partial charge in [0.05, 0.1) is 17.2 Å². The predicted octanol–water partition coefficient (Wildman–Crippen LogP) is 2.34. The molecule has 1 aromatic carbocycles. The van der Waals surface area contributed by atoms with Gasteiger partial charge in [0.2, 0.25) is 0 Å². The average molecular weight is 254 g/mol. The monoisotopic (exact) mass is 254 g/mol. The maximum absolute atomic E-state index is 11.1. The van der Waals surface area contributed by atoms with Crippen LogP contribution in [0, 0.1) is 17.2 Å². The molecule has 0 bridgehead atoms. The van der Waals surface area contributed by atoms with Gasteiger partial charge in [0.1, 0.15) is 0 Å². The van der Waals surface area contributed by atoms with Crippen molar-refractivity contribution in [3.05, 3.63) is 41.0 Å². The summed E-state index contributed by atoms with van der Waals surface area (Å²) in [5, 5.41) is 21.8. The van der Waals surface area contributed by atoms with E-state index in [1.54, 1.807) is 12.1 Å². The number of fused-ring (bicyclic) bond motifs is 3. The molecular formula is C15H14N2O2. The summed E-state index contributed by atoms with van der Waals surface area (Å²) in [4.78, 5) is 11.1. The Labute approximate surface area is 111 Å². The molecule has 1 saturated heterocycles. The molecule has 1 aromatic rings. The summed E-state index contributed by atoms with van der Waals surface area (Å²) in [7, 11) is 0. The fraction of sp³-hybridized carbons (Fsp3) is 0.333. The first-order chi connectivity index (χ1) is 9.15. The van der Waals surface area contributed by atoms with Crippen LogP contribution in [0.25, 0.3) is 5.57 Å². The van der Waals surface area contributed by atoms with Crippen molar-refractivity contribution in [1.82, 2.24) is 5.32 Å². The van der Waals surface area contributed by atoms with Crippen molar-refractivity contribution >= 4 is 11.5 Å². The van der Waals surface area contributed by atoms with Gasteiger partial charge in [0.25, 0.3) is 0 Å². The van der Waals surface area contributed by atoms with E-state index in [-0.39, 0.29) is 11.6 Å². The zero-order valence-electron chi connectivity index (χ0n) is 10.6. The number of hydrogen-bond acceptors (Lipinski definition) is 3. The highest BCUT2D eigenvalue weighted by molar-refractivity contribution is 5.91. The Kier molecular flexibility index (Phi) is 2.65. The molecule has 3 rings (SSSR count). The van der Waals surface area contributed by atoms with Crippen LogP contribution >= 0.6 is 0 Å². The van der Waals surface area contributed by atoms with Gasteiger partial charge in [-0.3, -0.25) is 0 Å². The summed E-state index contributed by atoms with van der Waals surface area (Å²) in [6, 6.07) is 7.90. The van der Waals surface area contributed by atoms with Gasteiger partial charge in [-0.15, -0.1) is 0 Å². The topological polar surface area (TPSA) is 83.0 Å². The summed E-state index contributed by atoms with van der Waals surface area (Å²) < 4.78 is 0. The highest BCUT2D eigenvalue weighted by Crippen LogP contribution is 2.43. The van der Waals surface area contributed by atoms with Crippen molar-refractivity contribution in [3.8, 4) is 6.07 Å². The third-order valence-electron chi connectivity index (χ3n) is 3.98. The molecule has 96 valence electrons. The number of benzene rings is 1. The predicted molar refractivity (Wildman–Crippen MR) is 70.4 cm³/mol. The van der Waals surface area contributed by atoms with Crippen molar-refractivity contribution < 1.29 is 9.90 Å². The largest absolute Gasteiger partial charge is 0.478 e. The van der Waals surface area contributed by atoms with Gasteiger partial charge in [-0.2, -0.15) is 5.26 Å². The van der Waals surface area contributed by atoms with E-state index in [0.29, 0.717) is 17.5 Å². The first kappa shape index (κ1) is 11.9. The number of carboxylic acid groups (broad SMARTS) is 1. The number of nitrogens with one attached hydrogen (secondary N) is 1. The van der Waals surface area contributed by atoms with Crippen LogP contribution in [0.1, 0.15) is 40.9 Å². The zero-order valence-corrected chi connectivity index (χ0v) is 10.6. The van der Waals surface area contributed by atoms with Crippen molar-refractivity contribution in [2.75, 3.05) is 0 Å². The maximum atomic E-state index is 11.1. The SMILES string of the molecule is CCC1C=C(C#N)c2cc(C(=O)O)ccc2C2NC12. The molecule has 2 aliphatic rings. The minimum atomic E-state index is -0.961. The van der Waals surface area contributed by atoms with Crippen LogP contribution in [-0.2, 0) is 0 Å². The third-order valence-corrected chi connectivity index (χ3v) is 3.98. The van der Waals surface area contributed by atoms with Crippen molar-refractivity contribution in [1.29, 1.82) is 5.26 Å². The van der Waals surface area contributed by atoms with Crippen LogP contribution in [0.4, 0.5) is 0 Å². The van der Waals surface area contributed by atoms with Crippen LogP contribution in [0.15, 0.2) is 24.3 Å². The van der Waals surface area contributed by atoms with E-state index < -0.39 is 5.97 Å². The number of hydrogen-bond donors (Lipinski definition) is 2. The second kappa shape index (κ2) is 4.22. The Morgan fingerprint density at radius 3 is 2.95 bits per heavy atom. The molecule has 2 N–H and O–H groups in total. The van der Waals surface area contributed by atoms with Crippen LogP contribution in [0.3, 0.4) is 0 Å². The summed E-state index contributed by atoms with van der Waals surface area (Å²) >= 11 is 0. The second-order valence-corrected chi connectivity index (χ2v) is 5.04. The van der Waals surface area contributed by atoms with Crippen molar-refractivity contribution in [2.24, 2.45) is 5.92 Å². The molecule has 4 nitrogen and oxygen atoms in total. The minimum absolute atomic E-state index is 0.229. The second-order valence-electron chi connectivity index (χ2n) is 5.04. The van der Waals surface area contributed by atoms with Gasteiger partial charge in [0, 0.05) is 12.1 Å². The quantitative estimate of drug-likeness (QED) is 0.793. The van der Waals surface area contributed by atoms with E-state index >= 15 is 0 Å². The van der Waals surface area contributed by atoms with Gasteiger partial charge in [0.15, 0.2) is 0 Å². The number of nitrogens with zero attached hydrogens (tertiary/aromatic N) is 1. The third kappa shape index (κ3) is 1.83. The Bertz CT molecular complexity index is 628. The Morgan fingerprint density at radius 2 is 2.32 bits per heavy atom. The standard InChI is InChI=1S/C15H14N2O2/c1-2-8-5-10(7-16)12-6-9(15(18)19)3-4-11(12)14-13(8)17-14/h3-6,8,13-14,17H,2H2,1H3,(H,18,19). The van der Waals surface area contributed by atoms with E-state index in [4.69, 9.17) is 5.11 Å². The molecule has 4 heteroatoms. The lowest BCUT2D eigenvalue weighted by Crippen LogP contribution is -2.06. The maximum Gasteiger partial charge on any atom is 0.335 e. The fourth-order valence-corrected chi connectivity index (χ4v) is 2.88. The zero-order chi connectivity index (χ0) is 13.6. The molecule has 0 aromatic heterocycles. The average Bonchev–Trinajstić information content (AvgIpc) is 3.19. The molecule has 3 unspecified atom stereocenters. The summed E-state index contributed by atoms with van der Waals surface area (Å²) in [6.07, 6.45) is 2.95. The molecule has 0 saturated carbocycles. The number of allylic oxidation sites excluding steroid dienone is 1. The molecule has 3 atom stereocenters. The van der Waals surface area contributed by atoms with E-state index in [1.165, 1.54) is 0 Å². The molecule has 0 amide bonds. The minimum Gasteiger partial charge on any atom is -0.478 e. The van der Waals surface area contributed by atoms with Gasteiger partial charge in [-0.25, -0.2) is 4.79 Å². The van der Waals surface area contributed by atoms with E-state index in [2.05, 4.69) is 18.3 Å². The molecule has 0 radical (unpaired) electrons. The number of carbonyl (C=O) groups is 1. The molecule has 1 aliphatic carbocycles. The molecule has 1 fully saturated rings. The number of nitriles is 1. The normalized spacial score (nSPS) is 27.4. The van der Waals surface area contributed by atoms with Crippen LogP contribution in [-0.4, -0.2) is 17.1 Å².